The zero-order chi connectivity index (χ0) is 16.3. The van der Waals surface area contributed by atoms with Gasteiger partial charge in [0.2, 0.25) is 5.79 Å². The summed E-state index contributed by atoms with van der Waals surface area (Å²) in [6, 6.07) is 6.80. The first-order valence-electron chi connectivity index (χ1n) is 6.44. The molecule has 1 aromatic carbocycles. The molecule has 0 aliphatic rings. The van der Waals surface area contributed by atoms with E-state index < -0.39 is 24.1 Å². The van der Waals surface area contributed by atoms with E-state index in [1.54, 1.807) is 30.5 Å². The molecule has 0 spiro atoms. The molecule has 116 valence electrons. The molecular weight excluding hydrogens is 310 g/mol. The predicted octanol–water partition coefficient (Wildman–Crippen LogP) is 3.02. The van der Waals surface area contributed by atoms with Crippen molar-refractivity contribution in [2.24, 2.45) is 0 Å². The zero-order valence-corrected chi connectivity index (χ0v) is 12.8. The van der Waals surface area contributed by atoms with Gasteiger partial charge in [0, 0.05) is 25.4 Å². The topological polar surface area (TPSA) is 85.7 Å². The highest BCUT2D eigenvalue weighted by Crippen LogP contribution is 2.32. The number of hydrogen-bond acceptors (Lipinski definition) is 5. The average Bonchev–Trinajstić information content (AvgIpc) is 2.40. The number of carboxylic acid groups (broad SMARTS) is 1. The Kier molecular flexibility index (Phi) is 4.51. The summed E-state index contributed by atoms with van der Waals surface area (Å²) in [6.07, 6.45) is 0.862. The number of halogens is 1. The maximum Gasteiger partial charge on any atom is 0.320 e. The summed E-state index contributed by atoms with van der Waals surface area (Å²) in [5.74, 6) is -3.11. The summed E-state index contributed by atoms with van der Waals surface area (Å²) in [5, 5.41) is 9.80. The van der Waals surface area contributed by atoms with Gasteiger partial charge in [-0.1, -0.05) is 11.6 Å². The number of ether oxygens (including phenoxy) is 2. The molecule has 2 rings (SSSR count). The number of pyridine rings is 1. The molecule has 1 N–H and O–H groups in total. The SMILES string of the molecule is CC(C)(OC(=O)CC(=O)O)Oc1ccc(Cl)c2cccnc12. The third-order valence-corrected chi connectivity index (χ3v) is 3.02. The van der Waals surface area contributed by atoms with Gasteiger partial charge in [0.05, 0.1) is 5.02 Å². The molecule has 0 radical (unpaired) electrons. The van der Waals surface area contributed by atoms with Crippen LogP contribution in [0.15, 0.2) is 30.5 Å². The van der Waals surface area contributed by atoms with Crippen LogP contribution in [0.2, 0.25) is 5.02 Å². The van der Waals surface area contributed by atoms with Gasteiger partial charge in [-0.3, -0.25) is 14.6 Å². The van der Waals surface area contributed by atoms with Gasteiger partial charge < -0.3 is 14.6 Å². The highest BCUT2D eigenvalue weighted by molar-refractivity contribution is 6.35. The van der Waals surface area contributed by atoms with Gasteiger partial charge in [0.1, 0.15) is 11.9 Å². The highest BCUT2D eigenvalue weighted by atomic mass is 35.5. The molecule has 0 bridgehead atoms. The monoisotopic (exact) mass is 323 g/mol. The van der Waals surface area contributed by atoms with E-state index in [1.807, 2.05) is 0 Å². The van der Waals surface area contributed by atoms with Crippen molar-refractivity contribution in [3.8, 4) is 5.75 Å². The Morgan fingerprint density at radius 3 is 2.73 bits per heavy atom. The molecule has 0 atom stereocenters. The van der Waals surface area contributed by atoms with Crippen molar-refractivity contribution in [1.82, 2.24) is 4.98 Å². The normalized spacial score (nSPS) is 11.2. The number of carboxylic acids is 1. The summed E-state index contributed by atoms with van der Waals surface area (Å²) < 4.78 is 10.7. The molecule has 0 fully saturated rings. The predicted molar refractivity (Wildman–Crippen MR) is 79.8 cm³/mol. The van der Waals surface area contributed by atoms with E-state index >= 15 is 0 Å². The summed E-state index contributed by atoms with van der Waals surface area (Å²) in [6.45, 7) is 3.02. The fourth-order valence-electron chi connectivity index (χ4n) is 1.91. The Morgan fingerprint density at radius 1 is 1.32 bits per heavy atom. The van der Waals surface area contributed by atoms with Gasteiger partial charge in [-0.2, -0.15) is 0 Å². The molecule has 0 saturated carbocycles. The van der Waals surface area contributed by atoms with Gasteiger partial charge in [0.25, 0.3) is 0 Å². The minimum Gasteiger partial charge on any atom is -0.481 e. The van der Waals surface area contributed by atoms with E-state index in [-0.39, 0.29) is 0 Å². The summed E-state index contributed by atoms with van der Waals surface area (Å²) in [5.41, 5.74) is 0.525. The smallest absolute Gasteiger partial charge is 0.320 e. The molecule has 2 aromatic rings. The Morgan fingerprint density at radius 2 is 2.05 bits per heavy atom. The van der Waals surface area contributed by atoms with E-state index in [9.17, 15) is 9.59 Å². The van der Waals surface area contributed by atoms with E-state index in [4.69, 9.17) is 26.2 Å². The Labute approximate surface area is 131 Å². The second kappa shape index (κ2) is 6.19. The number of nitrogens with zero attached hydrogens (tertiary/aromatic N) is 1. The Hall–Kier alpha value is -2.34. The minimum absolute atomic E-state index is 0.383. The lowest BCUT2D eigenvalue weighted by atomic mass is 10.2. The summed E-state index contributed by atoms with van der Waals surface area (Å²) in [4.78, 5) is 26.2. The van der Waals surface area contributed by atoms with Crippen molar-refractivity contribution in [3.05, 3.63) is 35.5 Å². The molecule has 1 heterocycles. The van der Waals surface area contributed by atoms with Gasteiger partial charge >= 0.3 is 11.9 Å². The molecule has 7 heteroatoms. The molecular formula is C15H14ClNO5. The van der Waals surface area contributed by atoms with E-state index in [1.165, 1.54) is 13.8 Å². The third-order valence-electron chi connectivity index (χ3n) is 2.69. The summed E-state index contributed by atoms with van der Waals surface area (Å²) in [7, 11) is 0. The Bertz CT molecular complexity index is 729. The molecule has 0 amide bonds. The molecule has 0 aliphatic heterocycles. The van der Waals surface area contributed by atoms with E-state index in [0.29, 0.717) is 21.7 Å². The van der Waals surface area contributed by atoms with E-state index in [0.717, 1.165) is 0 Å². The van der Waals surface area contributed by atoms with Crippen molar-refractivity contribution in [3.63, 3.8) is 0 Å². The number of fused-ring (bicyclic) bond motifs is 1. The van der Waals surface area contributed by atoms with E-state index in [2.05, 4.69) is 4.98 Å². The number of rotatable bonds is 5. The number of esters is 1. The van der Waals surface area contributed by atoms with Crippen molar-refractivity contribution in [1.29, 1.82) is 0 Å². The molecule has 0 aliphatic carbocycles. The Balaban J connectivity index is 2.24. The average molecular weight is 324 g/mol. The first kappa shape index (κ1) is 16.0. The standard InChI is InChI=1S/C15H14ClNO5/c1-15(2,22-13(20)8-12(18)19)21-11-6-5-10(16)9-4-3-7-17-14(9)11/h3-7H,8H2,1-2H3,(H,18,19). The highest BCUT2D eigenvalue weighted by Gasteiger charge is 2.27. The van der Waals surface area contributed by atoms with Crippen molar-refractivity contribution in [2.45, 2.75) is 26.1 Å². The second-order valence-corrected chi connectivity index (χ2v) is 5.40. The number of carbonyl (C=O) groups excluding carboxylic acids is 1. The lowest BCUT2D eigenvalue weighted by Crippen LogP contribution is -2.35. The lowest BCUT2D eigenvalue weighted by molar-refractivity contribution is -0.187. The van der Waals surface area contributed by atoms with Crippen LogP contribution in [0.25, 0.3) is 10.9 Å². The van der Waals surface area contributed by atoms with Gasteiger partial charge in [-0.05, 0) is 24.3 Å². The molecule has 0 unspecified atom stereocenters. The fraction of sp³-hybridized carbons (Fsp3) is 0.267. The van der Waals surface area contributed by atoms with Crippen LogP contribution in [0, 0.1) is 0 Å². The van der Waals surface area contributed by atoms with Crippen LogP contribution in [0.1, 0.15) is 20.3 Å². The largest absolute Gasteiger partial charge is 0.481 e. The van der Waals surface area contributed by atoms with Crippen LogP contribution in [-0.2, 0) is 14.3 Å². The van der Waals surface area contributed by atoms with Crippen LogP contribution in [0.3, 0.4) is 0 Å². The van der Waals surface area contributed by atoms with Crippen molar-refractivity contribution in [2.75, 3.05) is 0 Å². The number of carbonyl (C=O) groups is 2. The third kappa shape index (κ3) is 3.85. The second-order valence-electron chi connectivity index (χ2n) is 4.99. The number of aliphatic carboxylic acids is 1. The lowest BCUT2D eigenvalue weighted by Gasteiger charge is -2.26. The maximum atomic E-state index is 11.5. The number of hydrogen-bond donors (Lipinski definition) is 1. The molecule has 1 aromatic heterocycles. The quantitative estimate of drug-likeness (QED) is 0.517. The van der Waals surface area contributed by atoms with Crippen LogP contribution in [0.4, 0.5) is 0 Å². The van der Waals surface area contributed by atoms with Crippen LogP contribution in [0.5, 0.6) is 5.75 Å². The van der Waals surface area contributed by atoms with Crippen molar-refractivity contribution < 1.29 is 24.2 Å². The fourth-order valence-corrected chi connectivity index (χ4v) is 2.13. The first-order valence-corrected chi connectivity index (χ1v) is 6.82. The minimum atomic E-state index is -1.34. The van der Waals surface area contributed by atoms with Crippen LogP contribution < -0.4 is 4.74 Å². The summed E-state index contributed by atoms with van der Waals surface area (Å²) >= 11 is 6.10. The first-order chi connectivity index (χ1) is 10.3. The molecule has 0 saturated heterocycles. The number of aromatic nitrogens is 1. The van der Waals surface area contributed by atoms with Gasteiger partial charge in [0.15, 0.2) is 5.75 Å². The number of benzene rings is 1. The maximum absolute atomic E-state index is 11.5. The van der Waals surface area contributed by atoms with Gasteiger partial charge in [-0.25, -0.2) is 0 Å². The zero-order valence-electron chi connectivity index (χ0n) is 12.0. The van der Waals surface area contributed by atoms with Crippen LogP contribution in [-0.4, -0.2) is 27.8 Å². The van der Waals surface area contributed by atoms with Crippen molar-refractivity contribution >= 4 is 34.4 Å². The van der Waals surface area contributed by atoms with Crippen LogP contribution >= 0.6 is 11.6 Å². The van der Waals surface area contributed by atoms with Gasteiger partial charge in [-0.15, -0.1) is 0 Å². The molecule has 6 nitrogen and oxygen atoms in total. The molecule has 22 heavy (non-hydrogen) atoms.